The van der Waals surface area contributed by atoms with Gasteiger partial charge in [-0.1, -0.05) is 0 Å². The monoisotopic (exact) mass is 320 g/mol. The minimum Gasteiger partial charge on any atom is -0.481 e. The van der Waals surface area contributed by atoms with E-state index in [0.29, 0.717) is 11.4 Å². The predicted molar refractivity (Wildman–Crippen MR) is 78.6 cm³/mol. The van der Waals surface area contributed by atoms with Crippen molar-refractivity contribution < 1.29 is 18.3 Å². The van der Waals surface area contributed by atoms with Crippen LogP contribution in [-0.4, -0.2) is 62.9 Å². The fourth-order valence-electron chi connectivity index (χ4n) is 1.62. The molecule has 1 aromatic rings. The van der Waals surface area contributed by atoms with Gasteiger partial charge >= 0.3 is 5.97 Å². The van der Waals surface area contributed by atoms with Gasteiger partial charge in [-0.15, -0.1) is 11.3 Å². The van der Waals surface area contributed by atoms with Gasteiger partial charge in [0.2, 0.25) is 0 Å². The number of thiophene rings is 1. The fourth-order valence-corrected chi connectivity index (χ4v) is 4.39. The number of aliphatic carboxylic acids is 1. The molecule has 8 heteroatoms. The topological polar surface area (TPSA) is 77.9 Å². The third kappa shape index (κ3) is 4.86. The second kappa shape index (κ2) is 7.16. The van der Waals surface area contributed by atoms with E-state index in [2.05, 4.69) is 0 Å². The predicted octanol–water partition coefficient (Wildman–Crippen LogP) is 0.947. The maximum atomic E-state index is 12.3. The first-order chi connectivity index (χ1) is 9.23. The lowest BCUT2D eigenvalue weighted by Gasteiger charge is -2.17. The summed E-state index contributed by atoms with van der Waals surface area (Å²) in [5.41, 5.74) is 0. The van der Waals surface area contributed by atoms with Crippen molar-refractivity contribution in [2.75, 3.05) is 34.2 Å². The molecule has 1 N–H and O–H groups in total. The summed E-state index contributed by atoms with van der Waals surface area (Å²) in [5.74, 6) is -0.963. The highest BCUT2D eigenvalue weighted by Gasteiger charge is 2.22. The summed E-state index contributed by atoms with van der Waals surface area (Å²) in [6.45, 7) is 1.25. The van der Waals surface area contributed by atoms with E-state index in [1.165, 1.54) is 10.4 Å². The minimum absolute atomic E-state index is 0.148. The first-order valence-electron chi connectivity index (χ1n) is 6.15. The van der Waals surface area contributed by atoms with Gasteiger partial charge in [0.1, 0.15) is 4.21 Å². The number of sulfonamides is 1. The van der Waals surface area contributed by atoms with E-state index in [0.717, 1.165) is 24.3 Å². The fraction of sp³-hybridized carbons (Fsp3) is 0.583. The van der Waals surface area contributed by atoms with Crippen LogP contribution >= 0.6 is 11.3 Å². The lowest BCUT2D eigenvalue weighted by Crippen LogP contribution is -2.29. The zero-order chi connectivity index (χ0) is 15.3. The summed E-state index contributed by atoms with van der Waals surface area (Å²) in [7, 11) is 1.90. The second-order valence-corrected chi connectivity index (χ2v) is 8.21. The Hall–Kier alpha value is -0.960. The Kier molecular flexibility index (Phi) is 6.12. The molecule has 0 aliphatic heterocycles. The molecule has 0 fully saturated rings. The standard InChI is InChI=1S/C12H20N2O4S2/c1-13(2)7-4-8-14(3)20(17,18)12-6-5-10(19-12)9-11(15)16/h5-6H,4,7-9H2,1-3H3,(H,15,16). The Morgan fingerprint density at radius 2 is 1.90 bits per heavy atom. The summed E-state index contributed by atoms with van der Waals surface area (Å²) in [4.78, 5) is 13.1. The van der Waals surface area contributed by atoms with E-state index < -0.39 is 16.0 Å². The van der Waals surface area contributed by atoms with E-state index in [-0.39, 0.29) is 10.6 Å². The summed E-state index contributed by atoms with van der Waals surface area (Å²) in [6.07, 6.45) is 0.598. The lowest BCUT2D eigenvalue weighted by atomic mass is 10.3. The smallest absolute Gasteiger partial charge is 0.308 e. The quantitative estimate of drug-likeness (QED) is 0.771. The van der Waals surface area contributed by atoms with E-state index >= 15 is 0 Å². The minimum atomic E-state index is -3.51. The molecule has 0 amide bonds. The van der Waals surface area contributed by atoms with Crippen LogP contribution in [0.1, 0.15) is 11.3 Å². The largest absolute Gasteiger partial charge is 0.481 e. The van der Waals surface area contributed by atoms with Gasteiger partial charge in [0, 0.05) is 18.5 Å². The number of hydrogen-bond donors (Lipinski definition) is 1. The Labute approximate surface area is 123 Å². The van der Waals surface area contributed by atoms with Gasteiger partial charge in [0.25, 0.3) is 10.0 Å². The maximum absolute atomic E-state index is 12.3. The number of rotatable bonds is 8. The Balaban J connectivity index is 2.72. The van der Waals surface area contributed by atoms with Crippen molar-refractivity contribution in [3.63, 3.8) is 0 Å². The molecule has 1 rings (SSSR count). The van der Waals surface area contributed by atoms with Crippen LogP contribution in [0.4, 0.5) is 0 Å². The molecule has 114 valence electrons. The molecule has 6 nitrogen and oxygen atoms in total. The first-order valence-corrected chi connectivity index (χ1v) is 8.40. The second-order valence-electron chi connectivity index (χ2n) is 4.77. The molecule has 1 aromatic heterocycles. The van der Waals surface area contributed by atoms with E-state index in [1.807, 2.05) is 19.0 Å². The molecule has 0 bridgehead atoms. The molecule has 0 unspecified atom stereocenters. The molecule has 0 aromatic carbocycles. The van der Waals surface area contributed by atoms with Gasteiger partial charge in [-0.3, -0.25) is 4.79 Å². The van der Waals surface area contributed by atoms with Crippen molar-refractivity contribution in [2.45, 2.75) is 17.1 Å². The number of hydrogen-bond acceptors (Lipinski definition) is 5. The average molecular weight is 320 g/mol. The van der Waals surface area contributed by atoms with Gasteiger partial charge in [0.15, 0.2) is 0 Å². The maximum Gasteiger partial charge on any atom is 0.308 e. The molecule has 0 saturated carbocycles. The van der Waals surface area contributed by atoms with Crippen molar-refractivity contribution in [1.82, 2.24) is 9.21 Å². The van der Waals surface area contributed by atoms with E-state index in [1.54, 1.807) is 13.1 Å². The molecule has 0 radical (unpaired) electrons. The van der Waals surface area contributed by atoms with Crippen molar-refractivity contribution in [3.05, 3.63) is 17.0 Å². The van der Waals surface area contributed by atoms with Crippen LogP contribution in [0.15, 0.2) is 16.3 Å². The summed E-state index contributed by atoms with van der Waals surface area (Å²) < 4.78 is 26.1. The third-order valence-corrected chi connectivity index (χ3v) is 6.11. The van der Waals surface area contributed by atoms with E-state index in [4.69, 9.17) is 5.11 Å². The highest BCUT2D eigenvalue weighted by molar-refractivity contribution is 7.91. The third-order valence-electron chi connectivity index (χ3n) is 2.71. The Morgan fingerprint density at radius 3 is 2.45 bits per heavy atom. The number of carboxylic acid groups (broad SMARTS) is 1. The van der Waals surface area contributed by atoms with Crippen molar-refractivity contribution >= 4 is 27.3 Å². The van der Waals surface area contributed by atoms with Gasteiger partial charge in [-0.25, -0.2) is 12.7 Å². The summed E-state index contributed by atoms with van der Waals surface area (Å²) in [6, 6.07) is 3.03. The van der Waals surface area contributed by atoms with Crippen LogP contribution < -0.4 is 0 Å². The summed E-state index contributed by atoms with van der Waals surface area (Å²) in [5, 5.41) is 8.70. The zero-order valence-electron chi connectivity index (χ0n) is 11.9. The molecule has 20 heavy (non-hydrogen) atoms. The van der Waals surface area contributed by atoms with Crippen LogP contribution in [0, 0.1) is 0 Å². The van der Waals surface area contributed by atoms with Crippen molar-refractivity contribution in [2.24, 2.45) is 0 Å². The number of carboxylic acids is 1. The summed E-state index contributed by atoms with van der Waals surface area (Å²) >= 11 is 1.02. The van der Waals surface area contributed by atoms with Crippen LogP contribution in [0.2, 0.25) is 0 Å². The van der Waals surface area contributed by atoms with Gasteiger partial charge < -0.3 is 10.0 Å². The molecule has 0 aliphatic carbocycles. The van der Waals surface area contributed by atoms with Crippen LogP contribution in [0.25, 0.3) is 0 Å². The van der Waals surface area contributed by atoms with Gasteiger partial charge in [-0.2, -0.15) is 0 Å². The Bertz CT molecular complexity index is 552. The van der Waals surface area contributed by atoms with Crippen molar-refractivity contribution in [1.29, 1.82) is 0 Å². The van der Waals surface area contributed by atoms with Gasteiger partial charge in [-0.05, 0) is 39.2 Å². The lowest BCUT2D eigenvalue weighted by molar-refractivity contribution is -0.136. The highest BCUT2D eigenvalue weighted by atomic mass is 32.2. The number of carbonyl (C=O) groups is 1. The van der Waals surface area contributed by atoms with Gasteiger partial charge in [0.05, 0.1) is 6.42 Å². The molecule has 0 atom stereocenters. The average Bonchev–Trinajstić information content (AvgIpc) is 2.76. The molecular formula is C12H20N2O4S2. The van der Waals surface area contributed by atoms with Crippen LogP contribution in [0.5, 0.6) is 0 Å². The molecule has 0 spiro atoms. The van der Waals surface area contributed by atoms with Crippen LogP contribution in [-0.2, 0) is 21.2 Å². The highest BCUT2D eigenvalue weighted by Crippen LogP contribution is 2.24. The molecule has 0 aliphatic rings. The van der Waals surface area contributed by atoms with E-state index in [9.17, 15) is 13.2 Å². The Morgan fingerprint density at radius 1 is 1.25 bits per heavy atom. The molecule has 1 heterocycles. The molecule has 0 saturated heterocycles. The zero-order valence-corrected chi connectivity index (χ0v) is 13.5. The SMILES string of the molecule is CN(C)CCCN(C)S(=O)(=O)c1ccc(CC(=O)O)s1. The van der Waals surface area contributed by atoms with Crippen molar-refractivity contribution in [3.8, 4) is 0 Å². The first kappa shape index (κ1) is 17.1. The molecular weight excluding hydrogens is 300 g/mol. The number of nitrogens with zero attached hydrogens (tertiary/aromatic N) is 2. The normalized spacial score (nSPS) is 12.2. The van der Waals surface area contributed by atoms with Crippen LogP contribution in [0.3, 0.4) is 0 Å².